The Hall–Kier alpha value is -2.98. The Morgan fingerprint density at radius 3 is 2.37 bits per heavy atom. The molecule has 1 fully saturated rings. The zero-order valence-electron chi connectivity index (χ0n) is 18.1. The van der Waals surface area contributed by atoms with Gasteiger partial charge in [0.15, 0.2) is 0 Å². The normalized spacial score (nSPS) is 18.4. The Balaban J connectivity index is 1.79. The van der Waals surface area contributed by atoms with Gasteiger partial charge in [-0.2, -0.15) is 0 Å². The number of hydrogen-bond donors (Lipinski definition) is 0. The van der Waals surface area contributed by atoms with E-state index in [4.69, 9.17) is 6.42 Å². The van der Waals surface area contributed by atoms with Crippen molar-refractivity contribution in [3.63, 3.8) is 0 Å². The molecule has 0 unspecified atom stereocenters. The molecule has 4 heteroatoms. The van der Waals surface area contributed by atoms with Crippen LogP contribution in [0.1, 0.15) is 69.9 Å². The predicted molar refractivity (Wildman–Crippen MR) is 121 cm³/mol. The minimum absolute atomic E-state index is 0.0672. The molecule has 4 nitrogen and oxygen atoms in total. The fraction of sp³-hybridized carbons (Fsp3) is 0.462. The summed E-state index contributed by atoms with van der Waals surface area (Å²) < 4.78 is 0. The van der Waals surface area contributed by atoms with Crippen molar-refractivity contribution in [3.8, 4) is 24.2 Å². The van der Waals surface area contributed by atoms with Gasteiger partial charge < -0.3 is 4.90 Å². The van der Waals surface area contributed by atoms with Crippen molar-refractivity contribution in [3.05, 3.63) is 48.0 Å². The highest BCUT2D eigenvalue weighted by atomic mass is 16.2. The van der Waals surface area contributed by atoms with E-state index >= 15 is 0 Å². The molecule has 2 rings (SSSR count). The fourth-order valence-corrected chi connectivity index (χ4v) is 3.56. The first kappa shape index (κ1) is 23.3. The van der Waals surface area contributed by atoms with E-state index < -0.39 is 0 Å². The van der Waals surface area contributed by atoms with Crippen LogP contribution in [0.2, 0.25) is 0 Å². The van der Waals surface area contributed by atoms with E-state index in [2.05, 4.69) is 17.8 Å². The maximum Gasteiger partial charge on any atom is 0.327 e. The molecule has 30 heavy (non-hydrogen) atoms. The van der Waals surface area contributed by atoms with Crippen LogP contribution in [0.5, 0.6) is 0 Å². The molecule has 2 atom stereocenters. The largest absolute Gasteiger partial charge is 0.327 e. The van der Waals surface area contributed by atoms with Crippen LogP contribution in [-0.2, 0) is 4.79 Å². The fourth-order valence-electron chi connectivity index (χ4n) is 3.56. The molecule has 0 N–H and O–H groups in total. The first-order valence-electron chi connectivity index (χ1n) is 10.8. The summed E-state index contributed by atoms with van der Waals surface area (Å²) in [6.07, 6.45) is 16.1. The van der Waals surface area contributed by atoms with Crippen LogP contribution >= 0.6 is 0 Å². The minimum Gasteiger partial charge on any atom is -0.322 e. The van der Waals surface area contributed by atoms with Crippen molar-refractivity contribution < 1.29 is 9.59 Å². The van der Waals surface area contributed by atoms with Crippen molar-refractivity contribution in [1.82, 2.24) is 9.80 Å². The summed E-state index contributed by atoms with van der Waals surface area (Å²) in [5, 5.41) is 0. The molecule has 1 heterocycles. The van der Waals surface area contributed by atoms with E-state index in [1.807, 2.05) is 43.3 Å². The molecular formula is C26H32N2O2. The van der Waals surface area contributed by atoms with E-state index in [0.717, 1.165) is 56.9 Å². The van der Waals surface area contributed by atoms with Crippen LogP contribution in [0.4, 0.5) is 4.79 Å². The van der Waals surface area contributed by atoms with Gasteiger partial charge in [0, 0.05) is 26.3 Å². The molecule has 1 aliphatic heterocycles. The molecule has 0 aromatic heterocycles. The van der Waals surface area contributed by atoms with Gasteiger partial charge in [0.2, 0.25) is 0 Å². The number of carbonyl (C=O) groups is 2. The van der Waals surface area contributed by atoms with Gasteiger partial charge in [-0.05, 0) is 50.7 Å². The standard InChI is InChI=1S/C26H32N2O2/c1-4-5-6-7-8-9-10-11-12-13-14-18-21-24(29)28-25(22(2)27(3)26(28)30)23-19-16-15-17-20-23/h1,15-22,25H,5-8,11-14H2,2-3H3/b21-18+/t22-,25-/m0/s1. The monoisotopic (exact) mass is 404 g/mol. The number of benzene rings is 1. The van der Waals surface area contributed by atoms with Gasteiger partial charge in [-0.15, -0.1) is 24.2 Å². The Morgan fingerprint density at radius 2 is 1.70 bits per heavy atom. The quantitative estimate of drug-likeness (QED) is 0.317. The van der Waals surface area contributed by atoms with Crippen LogP contribution in [0, 0.1) is 24.2 Å². The first-order valence-corrected chi connectivity index (χ1v) is 10.8. The molecule has 1 aromatic carbocycles. The number of allylic oxidation sites excluding steroid dienone is 1. The molecule has 3 amide bonds. The summed E-state index contributed by atoms with van der Waals surface area (Å²) in [6, 6.07) is 9.15. The SMILES string of the molecule is C#CCCCCC#CCCCC/C=C/C(=O)N1C(=O)N(C)[C@@H](C)[C@H]1c1ccccc1. The average molecular weight is 405 g/mol. The summed E-state index contributed by atoms with van der Waals surface area (Å²) in [5.74, 6) is 8.77. The lowest BCUT2D eigenvalue weighted by atomic mass is 10.0. The van der Waals surface area contributed by atoms with Crippen LogP contribution in [0.15, 0.2) is 42.5 Å². The van der Waals surface area contributed by atoms with Gasteiger partial charge in [-0.25, -0.2) is 4.79 Å². The number of nitrogens with zero attached hydrogens (tertiary/aromatic N) is 2. The summed E-state index contributed by atoms with van der Waals surface area (Å²) in [5.41, 5.74) is 0.974. The van der Waals surface area contributed by atoms with E-state index in [-0.39, 0.29) is 24.0 Å². The van der Waals surface area contributed by atoms with Crippen LogP contribution in [0.25, 0.3) is 0 Å². The number of likely N-dealkylation sites (N-methyl/N-ethyl adjacent to an activating group) is 1. The molecule has 0 bridgehead atoms. The maximum absolute atomic E-state index is 12.8. The number of urea groups is 1. The average Bonchev–Trinajstić information content (AvgIpc) is 2.99. The first-order chi connectivity index (χ1) is 14.6. The predicted octanol–water partition coefficient (Wildman–Crippen LogP) is 5.32. The van der Waals surface area contributed by atoms with Gasteiger partial charge in [0.25, 0.3) is 5.91 Å². The zero-order valence-corrected chi connectivity index (χ0v) is 18.1. The maximum atomic E-state index is 12.8. The number of hydrogen-bond acceptors (Lipinski definition) is 2. The van der Waals surface area contributed by atoms with Gasteiger partial charge >= 0.3 is 6.03 Å². The van der Waals surface area contributed by atoms with E-state index in [9.17, 15) is 9.59 Å². The summed E-state index contributed by atoms with van der Waals surface area (Å²) >= 11 is 0. The number of carbonyl (C=O) groups excluding carboxylic acids is 2. The van der Waals surface area contributed by atoms with Gasteiger partial charge in [0.1, 0.15) is 0 Å². The smallest absolute Gasteiger partial charge is 0.322 e. The molecule has 1 aromatic rings. The van der Waals surface area contributed by atoms with E-state index in [0.29, 0.717) is 0 Å². The number of terminal acetylenes is 1. The summed E-state index contributed by atoms with van der Waals surface area (Å²) in [4.78, 5) is 28.4. The van der Waals surface area contributed by atoms with Crippen LogP contribution in [0.3, 0.4) is 0 Å². The van der Waals surface area contributed by atoms with Gasteiger partial charge in [-0.3, -0.25) is 9.69 Å². The second kappa shape index (κ2) is 12.6. The topological polar surface area (TPSA) is 40.6 Å². The number of rotatable bonds is 9. The van der Waals surface area contributed by atoms with Crippen molar-refractivity contribution in [2.45, 2.75) is 70.4 Å². The highest BCUT2D eigenvalue weighted by molar-refractivity contribution is 6.02. The highest BCUT2D eigenvalue weighted by Gasteiger charge is 2.44. The van der Waals surface area contributed by atoms with Crippen molar-refractivity contribution in [1.29, 1.82) is 0 Å². The Kier molecular flexibility index (Phi) is 9.75. The number of imide groups is 1. The Morgan fingerprint density at radius 1 is 1.07 bits per heavy atom. The van der Waals surface area contributed by atoms with Crippen molar-refractivity contribution >= 4 is 11.9 Å². The molecular weight excluding hydrogens is 372 g/mol. The molecule has 1 aliphatic rings. The molecule has 158 valence electrons. The van der Waals surface area contributed by atoms with Crippen molar-refractivity contribution in [2.75, 3.05) is 7.05 Å². The number of unbranched alkanes of at least 4 members (excludes halogenated alkanes) is 6. The molecule has 0 saturated carbocycles. The molecule has 0 radical (unpaired) electrons. The second-order valence-electron chi connectivity index (χ2n) is 7.61. The van der Waals surface area contributed by atoms with Crippen molar-refractivity contribution in [2.24, 2.45) is 0 Å². The summed E-state index contributed by atoms with van der Waals surface area (Å²) in [7, 11) is 1.75. The highest BCUT2D eigenvalue weighted by Crippen LogP contribution is 2.34. The van der Waals surface area contributed by atoms with Gasteiger partial charge in [-0.1, -0.05) is 36.4 Å². The summed E-state index contributed by atoms with van der Waals surface area (Å²) in [6.45, 7) is 1.97. The third-order valence-electron chi connectivity index (χ3n) is 5.41. The third kappa shape index (κ3) is 6.53. The molecule has 0 spiro atoms. The number of amides is 3. The lowest BCUT2D eigenvalue weighted by Gasteiger charge is -2.23. The zero-order chi connectivity index (χ0) is 21.8. The lowest BCUT2D eigenvalue weighted by Crippen LogP contribution is -2.35. The van der Waals surface area contributed by atoms with E-state index in [1.165, 1.54) is 11.0 Å². The van der Waals surface area contributed by atoms with Crippen LogP contribution < -0.4 is 0 Å². The van der Waals surface area contributed by atoms with E-state index in [1.54, 1.807) is 11.9 Å². The Labute approximate surface area is 181 Å². The molecule has 0 aliphatic carbocycles. The Bertz CT molecular complexity index is 826. The lowest BCUT2D eigenvalue weighted by molar-refractivity contribution is -0.124. The third-order valence-corrected chi connectivity index (χ3v) is 5.41. The van der Waals surface area contributed by atoms with Gasteiger partial charge in [0.05, 0.1) is 12.1 Å². The minimum atomic E-state index is -0.267. The second-order valence-corrected chi connectivity index (χ2v) is 7.61. The van der Waals surface area contributed by atoms with Crippen LogP contribution in [-0.4, -0.2) is 34.8 Å². The molecule has 1 saturated heterocycles.